The van der Waals surface area contributed by atoms with E-state index in [-0.39, 0.29) is 6.04 Å². The highest BCUT2D eigenvalue weighted by molar-refractivity contribution is 9.11. The molecule has 0 aliphatic rings. The van der Waals surface area contributed by atoms with E-state index in [1.54, 1.807) is 18.4 Å². The summed E-state index contributed by atoms with van der Waals surface area (Å²) < 4.78 is 6.51. The lowest BCUT2D eigenvalue weighted by molar-refractivity contribution is 0.411. The maximum atomic E-state index is 5.35. The lowest BCUT2D eigenvalue weighted by atomic mass is 10.0. The number of hydrogen-bond acceptors (Lipinski definition) is 3. The second-order valence-corrected chi connectivity index (χ2v) is 7.25. The Morgan fingerprint density at radius 3 is 2.65 bits per heavy atom. The number of rotatable bonds is 6. The van der Waals surface area contributed by atoms with Gasteiger partial charge in [0.05, 0.1) is 16.9 Å². The molecule has 0 aliphatic heterocycles. The Morgan fingerprint density at radius 1 is 1.30 bits per heavy atom. The number of halogens is 1. The van der Waals surface area contributed by atoms with Gasteiger partial charge in [-0.15, -0.1) is 11.3 Å². The number of benzene rings is 1. The van der Waals surface area contributed by atoms with Crippen molar-refractivity contribution >= 4 is 27.3 Å². The molecule has 0 bridgehead atoms. The summed E-state index contributed by atoms with van der Waals surface area (Å²) in [4.78, 5) is 1.33. The number of aryl methyl sites for hydroxylation is 1. The minimum atomic E-state index is 0.246. The Balaban J connectivity index is 2.33. The van der Waals surface area contributed by atoms with Crippen LogP contribution in [0.3, 0.4) is 0 Å². The van der Waals surface area contributed by atoms with Crippen molar-refractivity contribution in [1.29, 1.82) is 0 Å². The summed E-state index contributed by atoms with van der Waals surface area (Å²) >= 11 is 5.33. The molecule has 2 rings (SSSR count). The Morgan fingerprint density at radius 2 is 2.10 bits per heavy atom. The smallest absolute Gasteiger partial charge is 0.121 e. The molecule has 2 nitrogen and oxygen atoms in total. The first-order valence-corrected chi connectivity index (χ1v) is 8.39. The van der Waals surface area contributed by atoms with Crippen LogP contribution in [-0.4, -0.2) is 13.7 Å². The van der Waals surface area contributed by atoms with E-state index in [4.69, 9.17) is 4.74 Å². The predicted molar refractivity (Wildman–Crippen MR) is 89.9 cm³/mol. The van der Waals surface area contributed by atoms with Gasteiger partial charge in [0.2, 0.25) is 0 Å². The fourth-order valence-corrected chi connectivity index (χ4v) is 3.76. The highest BCUT2D eigenvalue weighted by atomic mass is 79.9. The van der Waals surface area contributed by atoms with E-state index in [9.17, 15) is 0 Å². The molecule has 0 amide bonds. The van der Waals surface area contributed by atoms with Gasteiger partial charge in [0.1, 0.15) is 5.75 Å². The summed E-state index contributed by atoms with van der Waals surface area (Å²) in [5.41, 5.74) is 2.45. The Bertz CT molecular complexity index is 567. The van der Waals surface area contributed by atoms with Gasteiger partial charge in [-0.2, -0.15) is 0 Å². The monoisotopic (exact) mass is 353 g/mol. The molecule has 0 spiro atoms. The van der Waals surface area contributed by atoms with Crippen molar-refractivity contribution in [2.75, 3.05) is 13.7 Å². The molecule has 1 unspecified atom stereocenters. The highest BCUT2D eigenvalue weighted by Gasteiger charge is 2.16. The van der Waals surface area contributed by atoms with Gasteiger partial charge in [0, 0.05) is 4.88 Å². The van der Waals surface area contributed by atoms with E-state index >= 15 is 0 Å². The Hall–Kier alpha value is -0.840. The second kappa shape index (κ2) is 7.25. The number of thiophene rings is 1. The molecule has 20 heavy (non-hydrogen) atoms. The van der Waals surface area contributed by atoms with Crippen LogP contribution in [0.4, 0.5) is 0 Å². The normalized spacial score (nSPS) is 12.4. The quantitative estimate of drug-likeness (QED) is 0.795. The minimum absolute atomic E-state index is 0.246. The number of hydrogen-bond donors (Lipinski definition) is 1. The predicted octanol–water partition coefficient (Wildman–Crippen LogP) is 4.92. The summed E-state index contributed by atoms with van der Waals surface area (Å²) in [7, 11) is 1.71. The van der Waals surface area contributed by atoms with E-state index < -0.39 is 0 Å². The zero-order chi connectivity index (χ0) is 14.5. The van der Waals surface area contributed by atoms with Gasteiger partial charge in [-0.3, -0.25) is 0 Å². The van der Waals surface area contributed by atoms with E-state index in [1.165, 1.54) is 19.8 Å². The molecule has 2 aromatic rings. The van der Waals surface area contributed by atoms with Crippen LogP contribution in [0.15, 0.2) is 34.1 Å². The van der Waals surface area contributed by atoms with Crippen molar-refractivity contribution in [3.8, 4) is 5.75 Å². The lowest BCUT2D eigenvalue weighted by Gasteiger charge is -2.19. The zero-order valence-corrected chi connectivity index (χ0v) is 14.5. The number of nitrogens with one attached hydrogen (secondary N) is 1. The fourth-order valence-electron chi connectivity index (χ4n) is 2.24. The molecule has 1 heterocycles. The number of ether oxygens (including phenoxy) is 1. The molecule has 1 aromatic heterocycles. The maximum absolute atomic E-state index is 5.35. The first-order chi connectivity index (χ1) is 9.65. The van der Waals surface area contributed by atoms with Gasteiger partial charge < -0.3 is 10.1 Å². The van der Waals surface area contributed by atoms with Crippen LogP contribution in [0.5, 0.6) is 5.75 Å². The highest BCUT2D eigenvalue weighted by Crippen LogP contribution is 2.33. The van der Waals surface area contributed by atoms with Crippen LogP contribution >= 0.6 is 27.3 Å². The SMILES string of the molecule is CCCNC(c1ccc(OC)c(C)c1)c1ccc(Br)s1. The summed E-state index contributed by atoms with van der Waals surface area (Å²) in [6, 6.07) is 10.9. The maximum Gasteiger partial charge on any atom is 0.121 e. The Kier molecular flexibility index (Phi) is 5.64. The molecule has 0 radical (unpaired) electrons. The molecule has 0 saturated carbocycles. The molecule has 0 saturated heterocycles. The molecule has 1 atom stereocenters. The Labute approximate surface area is 133 Å². The van der Waals surface area contributed by atoms with Gasteiger partial charge in [0.15, 0.2) is 0 Å². The fraction of sp³-hybridized carbons (Fsp3) is 0.375. The van der Waals surface area contributed by atoms with Crippen LogP contribution < -0.4 is 10.1 Å². The second-order valence-electron chi connectivity index (χ2n) is 4.76. The van der Waals surface area contributed by atoms with Crippen LogP contribution in [0.1, 0.15) is 35.4 Å². The average molecular weight is 354 g/mol. The van der Waals surface area contributed by atoms with Crippen LogP contribution in [-0.2, 0) is 0 Å². The van der Waals surface area contributed by atoms with Crippen molar-refractivity contribution in [1.82, 2.24) is 5.32 Å². The van der Waals surface area contributed by atoms with E-state index in [2.05, 4.69) is 59.4 Å². The molecule has 0 aliphatic carbocycles. The first kappa shape index (κ1) is 15.5. The zero-order valence-electron chi connectivity index (χ0n) is 12.1. The largest absolute Gasteiger partial charge is 0.496 e. The summed E-state index contributed by atoms with van der Waals surface area (Å²) in [5, 5.41) is 3.63. The first-order valence-electron chi connectivity index (χ1n) is 6.79. The summed E-state index contributed by atoms with van der Waals surface area (Å²) in [6.45, 7) is 5.28. The van der Waals surface area contributed by atoms with E-state index in [1.807, 2.05) is 6.07 Å². The number of methoxy groups -OCH3 is 1. The summed E-state index contributed by atoms with van der Waals surface area (Å²) in [5.74, 6) is 0.940. The van der Waals surface area contributed by atoms with Crippen LogP contribution in [0.2, 0.25) is 0 Å². The van der Waals surface area contributed by atoms with Crippen LogP contribution in [0, 0.1) is 6.92 Å². The molecule has 1 N–H and O–H groups in total. The molecular weight excluding hydrogens is 334 g/mol. The third-order valence-electron chi connectivity index (χ3n) is 3.23. The molecular formula is C16H20BrNOS. The molecule has 1 aromatic carbocycles. The van der Waals surface area contributed by atoms with Crippen molar-refractivity contribution < 1.29 is 4.74 Å². The standard InChI is InChI=1S/C16H20BrNOS/c1-4-9-18-16(14-7-8-15(17)20-14)12-5-6-13(19-3)11(2)10-12/h5-8,10,16,18H,4,9H2,1-3H3. The van der Waals surface area contributed by atoms with Crippen molar-refractivity contribution in [2.24, 2.45) is 0 Å². The molecule has 4 heteroatoms. The third-order valence-corrected chi connectivity index (χ3v) is 4.92. The topological polar surface area (TPSA) is 21.3 Å². The van der Waals surface area contributed by atoms with E-state index in [0.717, 1.165) is 18.7 Å². The van der Waals surface area contributed by atoms with Crippen molar-refractivity contribution in [2.45, 2.75) is 26.3 Å². The molecule has 0 fully saturated rings. The minimum Gasteiger partial charge on any atom is -0.496 e. The molecule has 108 valence electrons. The van der Waals surface area contributed by atoms with Gasteiger partial charge in [-0.05, 0) is 65.1 Å². The van der Waals surface area contributed by atoms with E-state index in [0.29, 0.717) is 0 Å². The van der Waals surface area contributed by atoms with Gasteiger partial charge in [0.25, 0.3) is 0 Å². The lowest BCUT2D eigenvalue weighted by Crippen LogP contribution is -2.22. The summed E-state index contributed by atoms with van der Waals surface area (Å²) in [6.07, 6.45) is 1.12. The average Bonchev–Trinajstić information content (AvgIpc) is 2.86. The van der Waals surface area contributed by atoms with Gasteiger partial charge in [-0.1, -0.05) is 19.1 Å². The van der Waals surface area contributed by atoms with Crippen molar-refractivity contribution in [3.63, 3.8) is 0 Å². The van der Waals surface area contributed by atoms with Gasteiger partial charge >= 0.3 is 0 Å². The van der Waals surface area contributed by atoms with Gasteiger partial charge in [-0.25, -0.2) is 0 Å². The van der Waals surface area contributed by atoms with Crippen molar-refractivity contribution in [3.05, 3.63) is 50.1 Å². The third kappa shape index (κ3) is 3.62. The van der Waals surface area contributed by atoms with Crippen LogP contribution in [0.25, 0.3) is 0 Å².